The van der Waals surface area contributed by atoms with Crippen molar-refractivity contribution in [1.29, 1.82) is 0 Å². The number of ether oxygens (including phenoxy) is 1. The van der Waals surface area contributed by atoms with E-state index in [-0.39, 0.29) is 8.41 Å². The van der Waals surface area contributed by atoms with Gasteiger partial charge in [0, 0.05) is 0 Å². The summed E-state index contributed by atoms with van der Waals surface area (Å²) in [6, 6.07) is 16.4. The fourth-order valence-electron chi connectivity index (χ4n) is 1.53. The summed E-state index contributed by atoms with van der Waals surface area (Å²) in [6.07, 6.45) is 0. The van der Waals surface area contributed by atoms with Crippen molar-refractivity contribution in [1.82, 2.24) is 0 Å². The van der Waals surface area contributed by atoms with Crippen molar-refractivity contribution < 1.29 is 4.74 Å². The van der Waals surface area contributed by atoms with Crippen LogP contribution >= 0.6 is 9.24 Å². The number of methoxy groups -OCH3 is 1. The van der Waals surface area contributed by atoms with E-state index < -0.39 is 0 Å². The summed E-state index contributed by atoms with van der Waals surface area (Å²) >= 11 is 0. The van der Waals surface area contributed by atoms with E-state index in [1.54, 1.807) is 7.11 Å². The predicted molar refractivity (Wildman–Crippen MR) is 77.7 cm³/mol. The van der Waals surface area contributed by atoms with Gasteiger partial charge in [0.05, 0.1) is 15.5 Å². The van der Waals surface area contributed by atoms with Crippen LogP contribution in [0.3, 0.4) is 0 Å². The molecule has 3 heteroatoms. The first-order chi connectivity index (χ1) is 7.31. The Labute approximate surface area is 101 Å². The molecule has 0 radical (unpaired) electrons. The number of hydrogen-bond donors (Lipinski definition) is 0. The zero-order valence-corrected chi connectivity index (χ0v) is 9.76. The quantitative estimate of drug-likeness (QED) is 0.563. The van der Waals surface area contributed by atoms with Crippen LogP contribution in [-0.2, 0) is 0 Å². The molecule has 0 saturated heterocycles. The molecule has 0 aliphatic rings. The normalized spacial score (nSPS) is 9.38. The van der Waals surface area contributed by atoms with E-state index in [1.807, 2.05) is 24.3 Å². The summed E-state index contributed by atoms with van der Waals surface area (Å²) in [7, 11) is 4.43. The molecular formula is C13H16BOP. The van der Waals surface area contributed by atoms with Crippen LogP contribution in [0.1, 0.15) is 0 Å². The van der Waals surface area contributed by atoms with Crippen molar-refractivity contribution in [2.75, 3.05) is 7.11 Å². The maximum Gasteiger partial charge on any atom is 0.118 e. The lowest BCUT2D eigenvalue weighted by molar-refractivity contribution is 0.415. The Hall–Kier alpha value is -1.27. The highest BCUT2D eigenvalue weighted by atomic mass is 31.0. The van der Waals surface area contributed by atoms with E-state index in [0.29, 0.717) is 0 Å². The highest BCUT2D eigenvalue weighted by Crippen LogP contribution is 2.21. The maximum atomic E-state index is 5.13. The smallest absolute Gasteiger partial charge is 0.118 e. The largest absolute Gasteiger partial charge is 0.497 e. The molecule has 0 bridgehead atoms. The van der Waals surface area contributed by atoms with Crippen LogP contribution < -0.4 is 10.0 Å². The molecular weight excluding hydrogens is 214 g/mol. The van der Waals surface area contributed by atoms with E-state index >= 15 is 0 Å². The minimum absolute atomic E-state index is 0. The van der Waals surface area contributed by atoms with E-state index in [1.165, 1.54) is 16.4 Å². The fraction of sp³-hybridized carbons (Fsp3) is 0.0769. The van der Waals surface area contributed by atoms with Gasteiger partial charge in [-0.1, -0.05) is 36.4 Å². The molecule has 2 aromatic rings. The lowest BCUT2D eigenvalue weighted by Gasteiger charge is -2.06. The molecule has 0 aliphatic heterocycles. The summed E-state index contributed by atoms with van der Waals surface area (Å²) in [4.78, 5) is 0. The molecule has 2 aromatic carbocycles. The number of benzene rings is 2. The molecule has 0 amide bonds. The lowest BCUT2D eigenvalue weighted by atomic mass is 10.1. The second-order valence-electron chi connectivity index (χ2n) is 3.32. The Morgan fingerprint density at radius 3 is 2.12 bits per heavy atom. The molecule has 16 heavy (non-hydrogen) atoms. The van der Waals surface area contributed by atoms with E-state index in [0.717, 1.165) is 5.75 Å². The van der Waals surface area contributed by atoms with Crippen LogP contribution in [0.15, 0.2) is 48.5 Å². The molecule has 1 atom stereocenters. The zero-order chi connectivity index (χ0) is 10.7. The van der Waals surface area contributed by atoms with Crippen molar-refractivity contribution in [3.63, 3.8) is 0 Å². The highest BCUT2D eigenvalue weighted by molar-refractivity contribution is 7.28. The van der Waals surface area contributed by atoms with Gasteiger partial charge in [-0.3, -0.25) is 0 Å². The van der Waals surface area contributed by atoms with Gasteiger partial charge < -0.3 is 4.74 Å². The third-order valence-corrected chi connectivity index (χ3v) is 2.87. The molecule has 0 fully saturated rings. The lowest BCUT2D eigenvalue weighted by Crippen LogP contribution is -1.95. The fourth-order valence-corrected chi connectivity index (χ4v) is 1.90. The standard InChI is InChI=1S/C13H13OP.BH3/c1-14-11-8-6-10(7-9-11)12-4-2-3-5-13(12)15;/h2-9H,15H2,1H3;1H3. The molecule has 2 rings (SSSR count). The summed E-state index contributed by atoms with van der Waals surface area (Å²) in [5.74, 6) is 0.889. The van der Waals surface area contributed by atoms with Crippen LogP contribution in [0.25, 0.3) is 11.1 Å². The van der Waals surface area contributed by atoms with Crippen LogP contribution in [-0.4, -0.2) is 15.5 Å². The van der Waals surface area contributed by atoms with Gasteiger partial charge in [0.1, 0.15) is 5.75 Å². The zero-order valence-electron chi connectivity index (χ0n) is 8.60. The molecule has 1 unspecified atom stereocenters. The van der Waals surface area contributed by atoms with Gasteiger partial charge in [-0.25, -0.2) is 0 Å². The van der Waals surface area contributed by atoms with E-state index in [2.05, 4.69) is 33.5 Å². The summed E-state index contributed by atoms with van der Waals surface area (Å²) in [6.45, 7) is 0. The average molecular weight is 230 g/mol. The Morgan fingerprint density at radius 1 is 0.938 bits per heavy atom. The molecule has 0 heterocycles. The van der Waals surface area contributed by atoms with Gasteiger partial charge in [0.25, 0.3) is 0 Å². The van der Waals surface area contributed by atoms with Crippen molar-refractivity contribution in [2.24, 2.45) is 0 Å². The molecule has 0 saturated carbocycles. The van der Waals surface area contributed by atoms with Gasteiger partial charge >= 0.3 is 0 Å². The van der Waals surface area contributed by atoms with Gasteiger partial charge in [-0.2, -0.15) is 0 Å². The van der Waals surface area contributed by atoms with Gasteiger partial charge in [-0.05, 0) is 28.6 Å². The second-order valence-corrected chi connectivity index (χ2v) is 3.94. The van der Waals surface area contributed by atoms with Crippen LogP contribution in [0.4, 0.5) is 0 Å². The first-order valence-corrected chi connectivity index (χ1v) is 5.38. The summed E-state index contributed by atoms with van der Waals surface area (Å²) in [5, 5.41) is 1.21. The molecule has 0 spiro atoms. The number of hydrogen-bond acceptors (Lipinski definition) is 1. The minimum atomic E-state index is 0. The first kappa shape index (κ1) is 12.8. The van der Waals surface area contributed by atoms with Crippen LogP contribution in [0.5, 0.6) is 5.75 Å². The second kappa shape index (κ2) is 5.72. The van der Waals surface area contributed by atoms with Crippen LogP contribution in [0.2, 0.25) is 0 Å². The van der Waals surface area contributed by atoms with Gasteiger partial charge in [-0.15, -0.1) is 9.24 Å². The maximum absolute atomic E-state index is 5.13. The van der Waals surface area contributed by atoms with Crippen molar-refractivity contribution in [3.8, 4) is 16.9 Å². The third kappa shape index (κ3) is 2.65. The summed E-state index contributed by atoms with van der Waals surface area (Å²) in [5.41, 5.74) is 2.45. The monoisotopic (exact) mass is 230 g/mol. The van der Waals surface area contributed by atoms with Gasteiger partial charge in [0.15, 0.2) is 0 Å². The third-order valence-electron chi connectivity index (χ3n) is 2.36. The van der Waals surface area contributed by atoms with Crippen molar-refractivity contribution in [2.45, 2.75) is 0 Å². The summed E-state index contributed by atoms with van der Waals surface area (Å²) < 4.78 is 5.13. The molecule has 0 N–H and O–H groups in total. The Morgan fingerprint density at radius 2 is 1.56 bits per heavy atom. The molecule has 1 nitrogen and oxygen atoms in total. The van der Waals surface area contributed by atoms with Crippen molar-refractivity contribution >= 4 is 23.0 Å². The minimum Gasteiger partial charge on any atom is -0.497 e. The SMILES string of the molecule is B.COc1ccc(-c2ccccc2P)cc1. The Bertz CT molecular complexity index is 454. The molecule has 82 valence electrons. The average Bonchev–Trinajstić information content (AvgIpc) is 2.30. The van der Waals surface area contributed by atoms with Crippen LogP contribution in [0, 0.1) is 0 Å². The Balaban J connectivity index is 0.00000128. The molecule has 0 aromatic heterocycles. The number of rotatable bonds is 2. The van der Waals surface area contributed by atoms with Gasteiger partial charge in [0.2, 0.25) is 0 Å². The topological polar surface area (TPSA) is 9.23 Å². The Kier molecular flexibility index (Phi) is 4.58. The van der Waals surface area contributed by atoms with E-state index in [9.17, 15) is 0 Å². The highest BCUT2D eigenvalue weighted by Gasteiger charge is 2.00. The van der Waals surface area contributed by atoms with E-state index in [4.69, 9.17) is 4.74 Å². The van der Waals surface area contributed by atoms with Crippen molar-refractivity contribution in [3.05, 3.63) is 48.5 Å². The first-order valence-electron chi connectivity index (χ1n) is 4.80. The predicted octanol–water partition coefficient (Wildman–Crippen LogP) is 1.68. The molecule has 0 aliphatic carbocycles.